The van der Waals surface area contributed by atoms with E-state index in [0.29, 0.717) is 18.7 Å². The van der Waals surface area contributed by atoms with Gasteiger partial charge < -0.3 is 14.5 Å². The maximum atomic E-state index is 13.0. The van der Waals surface area contributed by atoms with Crippen LogP contribution in [0.4, 0.5) is 5.69 Å². The topological polar surface area (TPSA) is 58.6 Å². The summed E-state index contributed by atoms with van der Waals surface area (Å²) in [6.45, 7) is 7.39. The van der Waals surface area contributed by atoms with Crippen molar-refractivity contribution in [1.29, 1.82) is 0 Å². The van der Waals surface area contributed by atoms with Crippen LogP contribution in [0, 0.1) is 0 Å². The summed E-state index contributed by atoms with van der Waals surface area (Å²) in [5, 5.41) is 8.48. The van der Waals surface area contributed by atoms with Crippen molar-refractivity contribution < 1.29 is 9.53 Å². The Morgan fingerprint density at radius 2 is 1.85 bits per heavy atom. The summed E-state index contributed by atoms with van der Waals surface area (Å²) in [5.41, 5.74) is 3.51. The number of aromatic nitrogens is 2. The molecule has 0 bridgehead atoms. The van der Waals surface area contributed by atoms with Gasteiger partial charge in [0.1, 0.15) is 0 Å². The molecule has 27 heavy (non-hydrogen) atoms. The van der Waals surface area contributed by atoms with Crippen molar-refractivity contribution in [3.05, 3.63) is 42.1 Å². The Bertz CT molecular complexity index is 809. The SMILES string of the molecule is C[C@@H]1CN(C(=O)c2cccc(-c3cc(N4CCCC4)cnn3)c2)C[C@H](C)O1. The van der Waals surface area contributed by atoms with Gasteiger partial charge in [0.15, 0.2) is 0 Å². The van der Waals surface area contributed by atoms with E-state index in [1.54, 1.807) is 0 Å². The lowest BCUT2D eigenvalue weighted by atomic mass is 10.1. The van der Waals surface area contributed by atoms with Crippen LogP contribution < -0.4 is 4.90 Å². The minimum Gasteiger partial charge on any atom is -0.372 e. The molecule has 3 heterocycles. The number of hydrogen-bond acceptors (Lipinski definition) is 5. The van der Waals surface area contributed by atoms with Crippen LogP contribution in [0.15, 0.2) is 36.5 Å². The van der Waals surface area contributed by atoms with Crippen LogP contribution in [0.1, 0.15) is 37.0 Å². The van der Waals surface area contributed by atoms with E-state index in [0.717, 1.165) is 30.0 Å². The highest BCUT2D eigenvalue weighted by Gasteiger charge is 2.26. The van der Waals surface area contributed by atoms with Gasteiger partial charge in [-0.1, -0.05) is 12.1 Å². The third kappa shape index (κ3) is 3.95. The summed E-state index contributed by atoms with van der Waals surface area (Å²) in [4.78, 5) is 17.2. The van der Waals surface area contributed by atoms with Gasteiger partial charge in [0, 0.05) is 37.3 Å². The van der Waals surface area contributed by atoms with E-state index in [-0.39, 0.29) is 18.1 Å². The first-order chi connectivity index (χ1) is 13.1. The molecule has 1 aromatic carbocycles. The second-order valence-electron chi connectivity index (χ2n) is 7.54. The minimum atomic E-state index is 0.0440. The molecule has 2 saturated heterocycles. The summed E-state index contributed by atoms with van der Waals surface area (Å²) < 4.78 is 5.74. The van der Waals surface area contributed by atoms with Crippen LogP contribution in [-0.4, -0.2) is 59.4 Å². The van der Waals surface area contributed by atoms with Gasteiger partial charge in [-0.15, -0.1) is 0 Å². The van der Waals surface area contributed by atoms with Gasteiger partial charge in [-0.2, -0.15) is 10.2 Å². The Balaban J connectivity index is 1.57. The first-order valence-corrected chi connectivity index (χ1v) is 9.73. The van der Waals surface area contributed by atoms with Crippen molar-refractivity contribution in [1.82, 2.24) is 15.1 Å². The minimum absolute atomic E-state index is 0.0440. The Kier molecular flexibility index (Phi) is 5.07. The van der Waals surface area contributed by atoms with Crippen molar-refractivity contribution >= 4 is 11.6 Å². The summed E-state index contributed by atoms with van der Waals surface area (Å²) in [6.07, 6.45) is 4.38. The lowest BCUT2D eigenvalue weighted by Crippen LogP contribution is -2.48. The number of hydrogen-bond donors (Lipinski definition) is 0. The van der Waals surface area contributed by atoms with Crippen LogP contribution in [-0.2, 0) is 4.74 Å². The molecule has 142 valence electrons. The fourth-order valence-electron chi connectivity index (χ4n) is 3.98. The summed E-state index contributed by atoms with van der Waals surface area (Å²) >= 11 is 0. The Labute approximate surface area is 160 Å². The number of carbonyl (C=O) groups is 1. The third-order valence-corrected chi connectivity index (χ3v) is 5.22. The Morgan fingerprint density at radius 3 is 2.59 bits per heavy atom. The molecular formula is C21H26N4O2. The van der Waals surface area contributed by atoms with Crippen LogP contribution >= 0.6 is 0 Å². The predicted molar refractivity (Wildman–Crippen MR) is 105 cm³/mol. The molecule has 6 nitrogen and oxygen atoms in total. The zero-order valence-corrected chi connectivity index (χ0v) is 16.0. The average molecular weight is 366 g/mol. The Morgan fingerprint density at radius 1 is 1.11 bits per heavy atom. The molecule has 1 amide bonds. The van der Waals surface area contributed by atoms with Crippen molar-refractivity contribution in [2.75, 3.05) is 31.1 Å². The molecule has 0 N–H and O–H groups in total. The van der Waals surface area contributed by atoms with Crippen LogP contribution in [0.25, 0.3) is 11.3 Å². The van der Waals surface area contributed by atoms with Crippen molar-refractivity contribution in [2.45, 2.75) is 38.9 Å². The fourth-order valence-corrected chi connectivity index (χ4v) is 3.98. The first kappa shape index (κ1) is 17.9. The zero-order valence-electron chi connectivity index (χ0n) is 16.0. The molecule has 1 aromatic heterocycles. The highest BCUT2D eigenvalue weighted by Crippen LogP contribution is 2.25. The lowest BCUT2D eigenvalue weighted by molar-refractivity contribution is -0.0586. The standard InChI is InChI=1S/C21H26N4O2/c1-15-13-25(14-16(2)27-15)21(26)18-7-5-6-17(10-18)20-11-19(12-22-23-20)24-8-3-4-9-24/h5-7,10-12,15-16H,3-4,8-9,13-14H2,1-2H3/t15-,16+. The molecule has 0 spiro atoms. The van der Waals surface area contributed by atoms with E-state index < -0.39 is 0 Å². The van der Waals surface area contributed by atoms with Gasteiger partial charge in [-0.3, -0.25) is 4.79 Å². The number of benzene rings is 1. The molecule has 2 atom stereocenters. The number of anilines is 1. The number of carbonyl (C=O) groups excluding carboxylic acids is 1. The molecule has 0 aliphatic carbocycles. The lowest BCUT2D eigenvalue weighted by Gasteiger charge is -2.35. The average Bonchev–Trinajstić information content (AvgIpc) is 3.22. The zero-order chi connectivity index (χ0) is 18.8. The molecule has 0 unspecified atom stereocenters. The van der Waals surface area contributed by atoms with E-state index in [1.165, 1.54) is 12.8 Å². The second-order valence-corrected chi connectivity index (χ2v) is 7.54. The van der Waals surface area contributed by atoms with Gasteiger partial charge in [0.2, 0.25) is 0 Å². The van der Waals surface area contributed by atoms with Crippen molar-refractivity contribution in [3.63, 3.8) is 0 Å². The van der Waals surface area contributed by atoms with Gasteiger partial charge in [0.05, 0.1) is 29.8 Å². The summed E-state index contributed by atoms with van der Waals surface area (Å²) in [6, 6.07) is 9.76. The molecule has 2 aliphatic rings. The third-order valence-electron chi connectivity index (χ3n) is 5.22. The van der Waals surface area contributed by atoms with Crippen LogP contribution in [0.2, 0.25) is 0 Å². The normalized spacial score (nSPS) is 22.9. The monoisotopic (exact) mass is 366 g/mol. The largest absolute Gasteiger partial charge is 0.372 e. The van der Waals surface area contributed by atoms with Crippen LogP contribution in [0.3, 0.4) is 0 Å². The summed E-state index contributed by atoms with van der Waals surface area (Å²) in [7, 11) is 0. The molecule has 6 heteroatoms. The van der Waals surface area contributed by atoms with Crippen molar-refractivity contribution in [3.8, 4) is 11.3 Å². The van der Waals surface area contributed by atoms with Crippen LogP contribution in [0.5, 0.6) is 0 Å². The van der Waals surface area contributed by atoms with E-state index in [4.69, 9.17) is 4.74 Å². The van der Waals surface area contributed by atoms with E-state index >= 15 is 0 Å². The van der Waals surface area contributed by atoms with E-state index in [9.17, 15) is 4.79 Å². The van der Waals surface area contributed by atoms with Gasteiger partial charge >= 0.3 is 0 Å². The number of amides is 1. The molecule has 2 aromatic rings. The number of morpholine rings is 1. The molecule has 0 radical (unpaired) electrons. The summed E-state index contributed by atoms with van der Waals surface area (Å²) in [5.74, 6) is 0.0440. The maximum Gasteiger partial charge on any atom is 0.254 e. The van der Waals surface area contributed by atoms with E-state index in [2.05, 4.69) is 21.2 Å². The second kappa shape index (κ2) is 7.64. The number of ether oxygens (including phenoxy) is 1. The van der Waals surface area contributed by atoms with E-state index in [1.807, 2.05) is 49.2 Å². The highest BCUT2D eigenvalue weighted by molar-refractivity contribution is 5.95. The Hall–Kier alpha value is -2.47. The first-order valence-electron chi connectivity index (χ1n) is 9.73. The molecule has 2 fully saturated rings. The fraction of sp³-hybridized carbons (Fsp3) is 0.476. The highest BCUT2D eigenvalue weighted by atomic mass is 16.5. The smallest absolute Gasteiger partial charge is 0.254 e. The van der Waals surface area contributed by atoms with Gasteiger partial charge in [-0.25, -0.2) is 0 Å². The molecule has 4 rings (SSSR count). The van der Waals surface area contributed by atoms with Gasteiger partial charge in [0.25, 0.3) is 5.91 Å². The molecular weight excluding hydrogens is 340 g/mol. The molecule has 0 saturated carbocycles. The number of nitrogens with zero attached hydrogens (tertiary/aromatic N) is 4. The molecule has 2 aliphatic heterocycles. The van der Waals surface area contributed by atoms with Crippen molar-refractivity contribution in [2.24, 2.45) is 0 Å². The quantitative estimate of drug-likeness (QED) is 0.836. The van der Waals surface area contributed by atoms with Gasteiger partial charge in [-0.05, 0) is 44.9 Å². The maximum absolute atomic E-state index is 13.0. The number of rotatable bonds is 3. The predicted octanol–water partition coefficient (Wildman–Crippen LogP) is 2.99.